The van der Waals surface area contributed by atoms with Gasteiger partial charge in [-0.15, -0.1) is 0 Å². The van der Waals surface area contributed by atoms with Crippen molar-refractivity contribution in [2.75, 3.05) is 12.0 Å². The first-order valence-electron chi connectivity index (χ1n) is 9.29. The number of benzene rings is 3. The first-order valence-corrected chi connectivity index (χ1v) is 9.29. The van der Waals surface area contributed by atoms with Gasteiger partial charge < -0.3 is 9.64 Å². The van der Waals surface area contributed by atoms with E-state index >= 15 is 0 Å². The molecular weight excluding hydrogens is 332 g/mol. The fraction of sp³-hybridized carbons (Fsp3) is 0.208. The largest absolute Gasteiger partial charge is 0.497 e. The molecule has 4 rings (SSSR count). The summed E-state index contributed by atoms with van der Waals surface area (Å²) in [5, 5.41) is 0. The molecule has 136 valence electrons. The van der Waals surface area contributed by atoms with Crippen LogP contribution >= 0.6 is 0 Å². The van der Waals surface area contributed by atoms with Crippen LogP contribution < -0.4 is 9.64 Å². The van der Waals surface area contributed by atoms with Crippen molar-refractivity contribution in [3.8, 4) is 5.75 Å². The standard InChI is InChI=1S/C24H24N2O/c1-17-9-11-19(12-10-17)23-18(2)26(21-13-15-22(27-3)16-14-21)24(25-23)20-7-5-4-6-8-20/h4-16,18,24H,1-3H3. The zero-order valence-electron chi connectivity index (χ0n) is 16.0. The molecule has 0 radical (unpaired) electrons. The molecule has 27 heavy (non-hydrogen) atoms. The number of ether oxygens (including phenoxy) is 1. The first-order chi connectivity index (χ1) is 13.2. The molecule has 0 saturated carbocycles. The van der Waals surface area contributed by atoms with Gasteiger partial charge in [-0.25, -0.2) is 0 Å². The Hall–Kier alpha value is -3.07. The lowest BCUT2D eigenvalue weighted by Crippen LogP contribution is -2.35. The zero-order chi connectivity index (χ0) is 18.8. The third-order valence-electron chi connectivity index (χ3n) is 5.15. The van der Waals surface area contributed by atoms with Crippen molar-refractivity contribution in [1.29, 1.82) is 0 Å². The summed E-state index contributed by atoms with van der Waals surface area (Å²) >= 11 is 0. The number of rotatable bonds is 4. The molecule has 0 spiro atoms. The van der Waals surface area contributed by atoms with Crippen molar-refractivity contribution in [2.45, 2.75) is 26.1 Å². The van der Waals surface area contributed by atoms with Crippen LogP contribution in [0.25, 0.3) is 0 Å². The molecule has 0 aromatic heterocycles. The minimum Gasteiger partial charge on any atom is -0.497 e. The highest BCUT2D eigenvalue weighted by Crippen LogP contribution is 2.37. The van der Waals surface area contributed by atoms with E-state index in [9.17, 15) is 0 Å². The summed E-state index contributed by atoms with van der Waals surface area (Å²) in [6, 6.07) is 27.5. The van der Waals surface area contributed by atoms with Crippen molar-refractivity contribution in [3.63, 3.8) is 0 Å². The summed E-state index contributed by atoms with van der Waals surface area (Å²) < 4.78 is 5.32. The predicted molar refractivity (Wildman–Crippen MR) is 112 cm³/mol. The molecule has 2 unspecified atom stereocenters. The van der Waals surface area contributed by atoms with Gasteiger partial charge in [0.2, 0.25) is 0 Å². The van der Waals surface area contributed by atoms with Crippen LogP contribution in [0.4, 0.5) is 5.69 Å². The maximum atomic E-state index is 5.32. The van der Waals surface area contributed by atoms with Crippen LogP contribution in [-0.4, -0.2) is 18.9 Å². The Morgan fingerprint density at radius 2 is 1.52 bits per heavy atom. The van der Waals surface area contributed by atoms with Crippen molar-refractivity contribution in [3.05, 3.63) is 95.6 Å². The number of anilines is 1. The van der Waals surface area contributed by atoms with Crippen LogP contribution in [0, 0.1) is 6.92 Å². The number of aryl methyl sites for hydroxylation is 1. The highest BCUT2D eigenvalue weighted by atomic mass is 16.5. The molecule has 2 atom stereocenters. The van der Waals surface area contributed by atoms with Gasteiger partial charge in [-0.1, -0.05) is 60.2 Å². The number of hydrogen-bond acceptors (Lipinski definition) is 3. The minimum absolute atomic E-state index is 0.0362. The molecule has 3 aromatic carbocycles. The number of hydrogen-bond donors (Lipinski definition) is 0. The van der Waals surface area contributed by atoms with E-state index in [2.05, 4.69) is 79.4 Å². The SMILES string of the molecule is COc1ccc(N2C(C)C(c3ccc(C)cc3)=NC2c2ccccc2)cc1. The van der Waals surface area contributed by atoms with Crippen LogP contribution in [-0.2, 0) is 0 Å². The lowest BCUT2D eigenvalue weighted by Gasteiger charge is -2.30. The monoisotopic (exact) mass is 356 g/mol. The number of nitrogens with zero attached hydrogens (tertiary/aromatic N) is 2. The Morgan fingerprint density at radius 3 is 2.15 bits per heavy atom. The smallest absolute Gasteiger partial charge is 0.148 e. The molecule has 3 heteroatoms. The molecule has 0 saturated heterocycles. The zero-order valence-corrected chi connectivity index (χ0v) is 16.0. The second-order valence-corrected chi connectivity index (χ2v) is 6.95. The fourth-order valence-corrected chi connectivity index (χ4v) is 3.66. The molecule has 1 aliphatic rings. The van der Waals surface area contributed by atoms with E-state index in [0.717, 1.165) is 17.1 Å². The normalized spacial score (nSPS) is 19.1. The Balaban J connectivity index is 1.77. The van der Waals surface area contributed by atoms with Crippen molar-refractivity contribution in [1.82, 2.24) is 0 Å². The van der Waals surface area contributed by atoms with Crippen LogP contribution in [0.2, 0.25) is 0 Å². The quantitative estimate of drug-likeness (QED) is 0.625. The number of aliphatic imine (C=N–C) groups is 1. The Bertz CT molecular complexity index is 930. The van der Waals surface area contributed by atoms with E-state index < -0.39 is 0 Å². The Kier molecular flexibility index (Phi) is 4.68. The van der Waals surface area contributed by atoms with Gasteiger partial charge in [-0.3, -0.25) is 4.99 Å². The van der Waals surface area contributed by atoms with E-state index in [1.54, 1.807) is 7.11 Å². The molecule has 3 nitrogen and oxygen atoms in total. The van der Waals surface area contributed by atoms with Gasteiger partial charge in [-0.05, 0) is 49.2 Å². The fourth-order valence-electron chi connectivity index (χ4n) is 3.66. The summed E-state index contributed by atoms with van der Waals surface area (Å²) in [4.78, 5) is 7.53. The predicted octanol–water partition coefficient (Wildman–Crippen LogP) is 5.40. The third kappa shape index (κ3) is 3.33. The van der Waals surface area contributed by atoms with E-state index in [0.29, 0.717) is 0 Å². The topological polar surface area (TPSA) is 24.8 Å². The highest BCUT2D eigenvalue weighted by Gasteiger charge is 2.35. The maximum Gasteiger partial charge on any atom is 0.148 e. The summed E-state index contributed by atoms with van der Waals surface area (Å²) in [6.07, 6.45) is -0.0362. The van der Waals surface area contributed by atoms with Crippen molar-refractivity contribution in [2.24, 2.45) is 4.99 Å². The molecular formula is C24H24N2O. The van der Waals surface area contributed by atoms with Gasteiger partial charge in [0.05, 0.1) is 18.9 Å². The molecule has 0 bridgehead atoms. The average molecular weight is 356 g/mol. The second-order valence-electron chi connectivity index (χ2n) is 6.95. The summed E-state index contributed by atoms with van der Waals surface area (Å²) in [5.41, 5.74) is 5.91. The molecule has 3 aromatic rings. The third-order valence-corrected chi connectivity index (χ3v) is 5.15. The van der Waals surface area contributed by atoms with E-state index in [4.69, 9.17) is 9.73 Å². The summed E-state index contributed by atoms with van der Waals surface area (Å²) in [6.45, 7) is 4.34. The minimum atomic E-state index is -0.0362. The maximum absolute atomic E-state index is 5.32. The second kappa shape index (κ2) is 7.28. The molecule has 0 N–H and O–H groups in total. The van der Waals surface area contributed by atoms with Crippen LogP contribution in [0.15, 0.2) is 83.9 Å². The van der Waals surface area contributed by atoms with E-state index in [1.807, 2.05) is 18.2 Å². The van der Waals surface area contributed by atoms with Crippen molar-refractivity contribution >= 4 is 11.4 Å². The van der Waals surface area contributed by atoms with Gasteiger partial charge in [-0.2, -0.15) is 0 Å². The first kappa shape index (κ1) is 17.3. The van der Waals surface area contributed by atoms with E-state index in [1.165, 1.54) is 16.7 Å². The molecule has 0 amide bonds. The van der Waals surface area contributed by atoms with Crippen LogP contribution in [0.3, 0.4) is 0 Å². The van der Waals surface area contributed by atoms with Crippen LogP contribution in [0.1, 0.15) is 29.8 Å². The van der Waals surface area contributed by atoms with Crippen molar-refractivity contribution < 1.29 is 4.74 Å². The van der Waals surface area contributed by atoms with Gasteiger partial charge in [0, 0.05) is 5.69 Å². The lowest BCUT2D eigenvalue weighted by atomic mass is 10.0. The molecule has 0 fully saturated rings. The Labute approximate surface area is 160 Å². The van der Waals surface area contributed by atoms with Gasteiger partial charge >= 0.3 is 0 Å². The van der Waals surface area contributed by atoms with Gasteiger partial charge in [0.1, 0.15) is 11.9 Å². The molecule has 0 aliphatic carbocycles. The summed E-state index contributed by atoms with van der Waals surface area (Å²) in [5.74, 6) is 0.863. The van der Waals surface area contributed by atoms with Crippen LogP contribution in [0.5, 0.6) is 5.75 Å². The molecule has 1 heterocycles. The average Bonchev–Trinajstić information content (AvgIpc) is 3.06. The molecule has 1 aliphatic heterocycles. The highest BCUT2D eigenvalue weighted by molar-refractivity contribution is 6.07. The number of methoxy groups -OCH3 is 1. The lowest BCUT2D eigenvalue weighted by molar-refractivity contribution is 0.414. The van der Waals surface area contributed by atoms with Gasteiger partial charge in [0.25, 0.3) is 0 Å². The summed E-state index contributed by atoms with van der Waals surface area (Å²) in [7, 11) is 1.69. The van der Waals surface area contributed by atoms with E-state index in [-0.39, 0.29) is 12.2 Å². The Morgan fingerprint density at radius 1 is 0.852 bits per heavy atom. The van der Waals surface area contributed by atoms with Gasteiger partial charge in [0.15, 0.2) is 0 Å².